The average Bonchev–Trinajstić information content (AvgIpc) is 3.01. The van der Waals surface area contributed by atoms with Gasteiger partial charge in [0.15, 0.2) is 0 Å². The number of amides is 1. The van der Waals surface area contributed by atoms with Gasteiger partial charge < -0.3 is 15.0 Å². The molecule has 2 N–H and O–H groups in total. The molecule has 2 heterocycles. The highest BCUT2D eigenvalue weighted by atomic mass is 32.1. The molecule has 1 aliphatic heterocycles. The van der Waals surface area contributed by atoms with Gasteiger partial charge in [0, 0.05) is 28.0 Å². The SMILES string of the molecule is COc1ccc(C(=O)Nc2sc(C)c(C)c2C[NH+]2CCc3ccccc3C2)cc1. The zero-order valence-electron chi connectivity index (χ0n) is 17.2. The van der Waals surface area contributed by atoms with E-state index in [1.54, 1.807) is 35.5 Å². The molecule has 0 fully saturated rings. The summed E-state index contributed by atoms with van der Waals surface area (Å²) < 4.78 is 5.18. The molecular formula is C24H27N2O2S+. The van der Waals surface area contributed by atoms with Crippen molar-refractivity contribution < 1.29 is 14.4 Å². The van der Waals surface area contributed by atoms with Crippen LogP contribution in [-0.2, 0) is 19.5 Å². The van der Waals surface area contributed by atoms with Gasteiger partial charge in [-0.15, -0.1) is 11.3 Å². The Morgan fingerprint density at radius 1 is 1.10 bits per heavy atom. The number of thiophene rings is 1. The number of quaternary nitrogens is 1. The van der Waals surface area contributed by atoms with Crippen LogP contribution >= 0.6 is 11.3 Å². The first kappa shape index (κ1) is 19.7. The monoisotopic (exact) mass is 407 g/mol. The highest BCUT2D eigenvalue weighted by Gasteiger charge is 2.24. The largest absolute Gasteiger partial charge is 0.497 e. The first-order valence-corrected chi connectivity index (χ1v) is 10.8. The lowest BCUT2D eigenvalue weighted by atomic mass is 9.99. The summed E-state index contributed by atoms with van der Waals surface area (Å²) in [5.74, 6) is 0.674. The van der Waals surface area contributed by atoms with Gasteiger partial charge in [-0.3, -0.25) is 4.79 Å². The normalized spacial score (nSPS) is 15.6. The van der Waals surface area contributed by atoms with Gasteiger partial charge in [-0.1, -0.05) is 24.3 Å². The van der Waals surface area contributed by atoms with E-state index in [0.717, 1.165) is 36.8 Å². The Morgan fingerprint density at radius 3 is 2.55 bits per heavy atom. The van der Waals surface area contributed by atoms with Crippen molar-refractivity contribution in [3.05, 3.63) is 81.2 Å². The van der Waals surface area contributed by atoms with Gasteiger partial charge in [0.25, 0.3) is 5.91 Å². The first-order valence-electron chi connectivity index (χ1n) is 9.99. The topological polar surface area (TPSA) is 42.8 Å². The molecule has 150 valence electrons. The summed E-state index contributed by atoms with van der Waals surface area (Å²) in [5.41, 5.74) is 6.12. The molecule has 0 saturated heterocycles. The number of hydrogen-bond acceptors (Lipinski definition) is 3. The molecule has 1 aromatic heterocycles. The van der Waals surface area contributed by atoms with E-state index in [9.17, 15) is 4.79 Å². The van der Waals surface area contributed by atoms with Gasteiger partial charge in [0.2, 0.25) is 0 Å². The second kappa shape index (κ2) is 8.39. The Kier molecular flexibility index (Phi) is 5.69. The fraction of sp³-hybridized carbons (Fsp3) is 0.292. The summed E-state index contributed by atoms with van der Waals surface area (Å²) >= 11 is 1.68. The minimum atomic E-state index is -0.0749. The molecule has 29 heavy (non-hydrogen) atoms. The zero-order valence-corrected chi connectivity index (χ0v) is 18.0. The molecule has 1 aliphatic rings. The maximum atomic E-state index is 12.8. The summed E-state index contributed by atoms with van der Waals surface area (Å²) in [5, 5.41) is 4.14. The van der Waals surface area contributed by atoms with Crippen LogP contribution in [0.15, 0.2) is 48.5 Å². The van der Waals surface area contributed by atoms with Crippen molar-refractivity contribution in [2.45, 2.75) is 33.4 Å². The third-order valence-electron chi connectivity index (χ3n) is 5.82. The maximum Gasteiger partial charge on any atom is 0.256 e. The summed E-state index contributed by atoms with van der Waals surface area (Å²) in [6.45, 7) is 7.39. The highest BCUT2D eigenvalue weighted by Crippen LogP contribution is 2.32. The molecule has 4 nitrogen and oxygen atoms in total. The van der Waals surface area contributed by atoms with Crippen LogP contribution in [0.2, 0.25) is 0 Å². The standard InChI is InChI=1S/C24H26N2O2S/c1-16-17(2)29-24(25-23(27)19-8-10-21(28-3)11-9-19)22(16)15-26-13-12-18-6-4-5-7-20(18)14-26/h4-11H,12-15H2,1-3H3,(H,25,27)/p+1. The minimum absolute atomic E-state index is 0.0749. The Morgan fingerprint density at radius 2 is 1.83 bits per heavy atom. The van der Waals surface area contributed by atoms with Crippen LogP contribution in [0.3, 0.4) is 0 Å². The average molecular weight is 408 g/mol. The van der Waals surface area contributed by atoms with Gasteiger partial charge in [-0.05, 0) is 49.2 Å². The molecule has 1 amide bonds. The van der Waals surface area contributed by atoms with E-state index < -0.39 is 0 Å². The van der Waals surface area contributed by atoms with E-state index in [2.05, 4.69) is 43.4 Å². The number of anilines is 1. The lowest BCUT2D eigenvalue weighted by Gasteiger charge is -2.26. The molecule has 3 aromatic rings. The van der Waals surface area contributed by atoms with Crippen molar-refractivity contribution in [2.24, 2.45) is 0 Å². The van der Waals surface area contributed by atoms with E-state index in [1.807, 2.05) is 12.1 Å². The number of fused-ring (bicyclic) bond motifs is 1. The van der Waals surface area contributed by atoms with Gasteiger partial charge in [-0.2, -0.15) is 0 Å². The third-order valence-corrected chi connectivity index (χ3v) is 6.99. The summed E-state index contributed by atoms with van der Waals surface area (Å²) in [6, 6.07) is 16.0. The van der Waals surface area contributed by atoms with Gasteiger partial charge in [-0.25, -0.2) is 0 Å². The molecular weight excluding hydrogens is 380 g/mol. The molecule has 1 atom stereocenters. The summed E-state index contributed by atoms with van der Waals surface area (Å²) in [4.78, 5) is 15.6. The van der Waals surface area contributed by atoms with E-state index >= 15 is 0 Å². The number of rotatable bonds is 5. The van der Waals surface area contributed by atoms with Crippen LogP contribution in [-0.4, -0.2) is 19.6 Å². The van der Waals surface area contributed by atoms with Crippen molar-refractivity contribution in [3.8, 4) is 5.75 Å². The molecule has 0 bridgehead atoms. The Labute approximate surface area is 176 Å². The van der Waals surface area contributed by atoms with E-state index in [-0.39, 0.29) is 5.91 Å². The molecule has 0 radical (unpaired) electrons. The fourth-order valence-corrected chi connectivity index (χ4v) is 5.02. The Hall–Kier alpha value is -2.63. The van der Waals surface area contributed by atoms with Crippen LogP contribution in [0.4, 0.5) is 5.00 Å². The number of nitrogens with one attached hydrogen (secondary N) is 2. The highest BCUT2D eigenvalue weighted by molar-refractivity contribution is 7.16. The number of hydrogen-bond donors (Lipinski definition) is 2. The lowest BCUT2D eigenvalue weighted by Crippen LogP contribution is -3.10. The van der Waals surface area contributed by atoms with E-state index in [4.69, 9.17) is 4.74 Å². The van der Waals surface area contributed by atoms with Crippen molar-refractivity contribution in [3.63, 3.8) is 0 Å². The Bertz CT molecular complexity index is 1020. The predicted octanol–water partition coefficient (Wildman–Crippen LogP) is 3.77. The molecule has 0 spiro atoms. The second-order valence-corrected chi connectivity index (χ2v) is 8.87. The van der Waals surface area contributed by atoms with Gasteiger partial charge in [0.1, 0.15) is 23.8 Å². The lowest BCUT2D eigenvalue weighted by molar-refractivity contribution is -0.929. The molecule has 4 rings (SSSR count). The van der Waals surface area contributed by atoms with Crippen LogP contribution in [0.1, 0.15) is 37.5 Å². The number of ether oxygens (including phenoxy) is 1. The number of carbonyl (C=O) groups excluding carboxylic acids is 1. The van der Waals surface area contributed by atoms with Crippen molar-refractivity contribution >= 4 is 22.2 Å². The van der Waals surface area contributed by atoms with Gasteiger partial charge >= 0.3 is 0 Å². The first-order chi connectivity index (χ1) is 14.0. The molecule has 5 heteroatoms. The number of methoxy groups -OCH3 is 1. The number of benzene rings is 2. The summed E-state index contributed by atoms with van der Waals surface area (Å²) in [6.07, 6.45) is 1.11. The zero-order chi connectivity index (χ0) is 20.4. The van der Waals surface area contributed by atoms with Crippen molar-refractivity contribution in [2.75, 3.05) is 19.0 Å². The molecule has 1 unspecified atom stereocenters. The quantitative estimate of drug-likeness (QED) is 0.676. The molecule has 2 aromatic carbocycles. The molecule has 0 aliphatic carbocycles. The smallest absolute Gasteiger partial charge is 0.256 e. The third kappa shape index (κ3) is 4.21. The van der Waals surface area contributed by atoms with E-state index in [1.165, 1.54) is 27.1 Å². The van der Waals surface area contributed by atoms with Crippen molar-refractivity contribution in [1.82, 2.24) is 0 Å². The fourth-order valence-electron chi connectivity index (χ4n) is 3.95. The van der Waals surface area contributed by atoms with Crippen molar-refractivity contribution in [1.29, 1.82) is 0 Å². The van der Waals surface area contributed by atoms with Crippen LogP contribution in [0.5, 0.6) is 5.75 Å². The van der Waals surface area contributed by atoms with E-state index in [0.29, 0.717) is 5.56 Å². The Balaban J connectivity index is 1.52. The van der Waals surface area contributed by atoms with Crippen LogP contribution < -0.4 is 15.0 Å². The maximum absolute atomic E-state index is 12.8. The molecule has 0 saturated carbocycles. The second-order valence-electron chi connectivity index (χ2n) is 7.65. The number of carbonyl (C=O) groups is 1. The summed E-state index contributed by atoms with van der Waals surface area (Å²) in [7, 11) is 1.62. The van der Waals surface area contributed by atoms with Crippen LogP contribution in [0.25, 0.3) is 0 Å². The van der Waals surface area contributed by atoms with Crippen LogP contribution in [0, 0.1) is 13.8 Å². The van der Waals surface area contributed by atoms with Gasteiger partial charge in [0.05, 0.1) is 13.7 Å². The number of aryl methyl sites for hydroxylation is 1. The predicted molar refractivity (Wildman–Crippen MR) is 118 cm³/mol. The minimum Gasteiger partial charge on any atom is -0.497 e.